The quantitative estimate of drug-likeness (QED) is 0.832. The molecule has 0 amide bonds. The molecule has 19 heavy (non-hydrogen) atoms. The van der Waals surface area contributed by atoms with Crippen LogP contribution in [0.5, 0.6) is 11.5 Å². The van der Waals surface area contributed by atoms with Gasteiger partial charge in [0.25, 0.3) is 0 Å². The zero-order chi connectivity index (χ0) is 14.0. The van der Waals surface area contributed by atoms with Crippen molar-refractivity contribution in [3.05, 3.63) is 23.3 Å². The number of fused-ring (bicyclic) bond motifs is 1. The van der Waals surface area contributed by atoms with E-state index in [1.54, 1.807) is 20.3 Å². The fraction of sp³-hybridized carbons (Fsp3) is 0.500. The molecule has 1 aromatic rings. The standard InChI is InChI=1S/C14H18O5/c1-8(15)12-7-9-10(16-2)5-6-11(17-3)13(9)14(18-4)19-12/h5-6,12,14H,7H2,1-4H3/t12-,14-/m0/s1. The van der Waals surface area contributed by atoms with E-state index < -0.39 is 12.4 Å². The van der Waals surface area contributed by atoms with Crippen LogP contribution >= 0.6 is 0 Å². The van der Waals surface area contributed by atoms with Crippen molar-refractivity contribution >= 4 is 5.78 Å². The molecule has 0 fully saturated rings. The van der Waals surface area contributed by atoms with Gasteiger partial charge in [0.1, 0.15) is 17.6 Å². The van der Waals surface area contributed by atoms with E-state index in [9.17, 15) is 4.79 Å². The Morgan fingerprint density at radius 2 is 1.84 bits per heavy atom. The van der Waals surface area contributed by atoms with Crippen molar-refractivity contribution < 1.29 is 23.7 Å². The maximum atomic E-state index is 11.6. The van der Waals surface area contributed by atoms with E-state index >= 15 is 0 Å². The highest BCUT2D eigenvalue weighted by Crippen LogP contribution is 2.41. The predicted octanol–water partition coefficient (Wildman–Crippen LogP) is 1.88. The molecule has 5 heteroatoms. The molecule has 5 nitrogen and oxygen atoms in total. The number of carbonyl (C=O) groups is 1. The van der Waals surface area contributed by atoms with Gasteiger partial charge in [0, 0.05) is 19.1 Å². The topological polar surface area (TPSA) is 54.0 Å². The van der Waals surface area contributed by atoms with Gasteiger partial charge in [-0.05, 0) is 19.1 Å². The average Bonchev–Trinajstić information content (AvgIpc) is 2.44. The van der Waals surface area contributed by atoms with Gasteiger partial charge in [0.15, 0.2) is 12.1 Å². The first-order valence-corrected chi connectivity index (χ1v) is 6.04. The maximum Gasteiger partial charge on any atom is 0.188 e. The summed E-state index contributed by atoms with van der Waals surface area (Å²) in [7, 11) is 4.73. The van der Waals surface area contributed by atoms with Gasteiger partial charge in [0.2, 0.25) is 0 Å². The molecule has 0 radical (unpaired) electrons. The maximum absolute atomic E-state index is 11.6. The normalized spacial score (nSPS) is 21.7. The first-order valence-electron chi connectivity index (χ1n) is 6.04. The van der Waals surface area contributed by atoms with Gasteiger partial charge < -0.3 is 18.9 Å². The summed E-state index contributed by atoms with van der Waals surface area (Å²) < 4.78 is 21.7. The molecule has 0 aliphatic carbocycles. The molecule has 0 bridgehead atoms. The van der Waals surface area contributed by atoms with E-state index in [0.29, 0.717) is 17.9 Å². The summed E-state index contributed by atoms with van der Waals surface area (Å²) in [5.41, 5.74) is 1.70. The SMILES string of the molecule is COc1ccc(OC)c2c1C[C@@H](C(C)=O)O[C@@H]2OC. The van der Waals surface area contributed by atoms with Crippen molar-refractivity contribution in [2.45, 2.75) is 25.7 Å². The summed E-state index contributed by atoms with van der Waals surface area (Å²) in [5.74, 6) is 1.36. The molecular formula is C14H18O5. The third kappa shape index (κ3) is 2.43. The van der Waals surface area contributed by atoms with Crippen molar-refractivity contribution in [3.63, 3.8) is 0 Å². The Labute approximate surface area is 112 Å². The molecule has 0 saturated heterocycles. The second-order valence-electron chi connectivity index (χ2n) is 4.37. The third-order valence-electron chi connectivity index (χ3n) is 3.29. The molecule has 2 rings (SSSR count). The molecule has 1 aromatic carbocycles. The number of ether oxygens (including phenoxy) is 4. The highest BCUT2D eigenvalue weighted by atomic mass is 16.7. The van der Waals surface area contributed by atoms with Gasteiger partial charge in [-0.2, -0.15) is 0 Å². The number of hydrogen-bond acceptors (Lipinski definition) is 5. The first-order chi connectivity index (χ1) is 9.12. The summed E-state index contributed by atoms with van der Waals surface area (Å²) in [6.45, 7) is 1.51. The van der Waals surface area contributed by atoms with Crippen LogP contribution in [0, 0.1) is 0 Å². The number of ketones is 1. The van der Waals surface area contributed by atoms with Gasteiger partial charge in [-0.1, -0.05) is 0 Å². The number of hydrogen-bond donors (Lipinski definition) is 0. The highest BCUT2D eigenvalue weighted by molar-refractivity contribution is 5.81. The number of carbonyl (C=O) groups excluding carboxylic acids is 1. The van der Waals surface area contributed by atoms with Crippen molar-refractivity contribution in [3.8, 4) is 11.5 Å². The van der Waals surface area contributed by atoms with E-state index in [2.05, 4.69) is 0 Å². The zero-order valence-electron chi connectivity index (χ0n) is 11.6. The van der Waals surface area contributed by atoms with Crippen LogP contribution in [0.25, 0.3) is 0 Å². The highest BCUT2D eigenvalue weighted by Gasteiger charge is 2.34. The Hall–Kier alpha value is -1.59. The third-order valence-corrected chi connectivity index (χ3v) is 3.29. The minimum absolute atomic E-state index is 0.0300. The van der Waals surface area contributed by atoms with Gasteiger partial charge in [0.05, 0.1) is 19.8 Å². The predicted molar refractivity (Wildman–Crippen MR) is 68.6 cm³/mol. The van der Waals surface area contributed by atoms with Crippen LogP contribution in [-0.2, 0) is 20.7 Å². The van der Waals surface area contributed by atoms with Gasteiger partial charge >= 0.3 is 0 Å². The molecular weight excluding hydrogens is 248 g/mol. The van der Waals surface area contributed by atoms with Gasteiger partial charge in [-0.3, -0.25) is 4.79 Å². The molecule has 0 unspecified atom stereocenters. The average molecular weight is 266 g/mol. The van der Waals surface area contributed by atoms with E-state index in [1.165, 1.54) is 14.0 Å². The van der Waals surface area contributed by atoms with Crippen molar-refractivity contribution in [2.24, 2.45) is 0 Å². The Bertz CT molecular complexity index is 483. The molecule has 2 atom stereocenters. The Balaban J connectivity index is 2.55. The number of methoxy groups -OCH3 is 3. The van der Waals surface area contributed by atoms with Crippen molar-refractivity contribution in [1.82, 2.24) is 0 Å². The van der Waals surface area contributed by atoms with Gasteiger partial charge in [-0.15, -0.1) is 0 Å². The Morgan fingerprint density at radius 3 is 2.37 bits per heavy atom. The first kappa shape index (κ1) is 13.8. The molecule has 1 aliphatic rings. The van der Waals surface area contributed by atoms with E-state index in [1.807, 2.05) is 6.07 Å². The summed E-state index contributed by atoms with van der Waals surface area (Å²) in [6, 6.07) is 3.63. The summed E-state index contributed by atoms with van der Waals surface area (Å²) >= 11 is 0. The van der Waals surface area contributed by atoms with Crippen molar-refractivity contribution in [1.29, 1.82) is 0 Å². The second-order valence-corrected chi connectivity index (χ2v) is 4.37. The van der Waals surface area contributed by atoms with Crippen LogP contribution in [0.15, 0.2) is 12.1 Å². The Morgan fingerprint density at radius 1 is 1.21 bits per heavy atom. The molecule has 0 saturated carbocycles. The van der Waals surface area contributed by atoms with E-state index in [0.717, 1.165) is 11.1 Å². The zero-order valence-corrected chi connectivity index (χ0v) is 11.6. The fourth-order valence-electron chi connectivity index (χ4n) is 2.33. The smallest absolute Gasteiger partial charge is 0.188 e. The molecule has 104 valence electrons. The lowest BCUT2D eigenvalue weighted by atomic mass is 9.94. The number of Topliss-reactive ketones (excluding diaryl/α,β-unsaturated/α-hetero) is 1. The minimum Gasteiger partial charge on any atom is -0.496 e. The summed E-state index contributed by atoms with van der Waals surface area (Å²) in [6.07, 6.45) is -0.675. The second kappa shape index (κ2) is 5.59. The lowest BCUT2D eigenvalue weighted by Crippen LogP contribution is -2.33. The summed E-state index contributed by atoms with van der Waals surface area (Å²) in [4.78, 5) is 11.6. The lowest BCUT2D eigenvalue weighted by Gasteiger charge is -2.32. The van der Waals surface area contributed by atoms with Crippen LogP contribution in [0.1, 0.15) is 24.3 Å². The van der Waals surface area contributed by atoms with Crippen LogP contribution in [-0.4, -0.2) is 33.2 Å². The monoisotopic (exact) mass is 266 g/mol. The molecule has 0 N–H and O–H groups in total. The van der Waals surface area contributed by atoms with Crippen LogP contribution in [0.3, 0.4) is 0 Å². The molecule has 0 aromatic heterocycles. The Kier molecular flexibility index (Phi) is 4.07. The molecule has 0 spiro atoms. The van der Waals surface area contributed by atoms with E-state index in [-0.39, 0.29) is 5.78 Å². The number of rotatable bonds is 4. The molecule has 1 aliphatic heterocycles. The van der Waals surface area contributed by atoms with E-state index in [4.69, 9.17) is 18.9 Å². The largest absolute Gasteiger partial charge is 0.496 e. The number of benzene rings is 1. The van der Waals surface area contributed by atoms with Crippen LogP contribution in [0.4, 0.5) is 0 Å². The lowest BCUT2D eigenvalue weighted by molar-refractivity contribution is -0.176. The summed E-state index contributed by atoms with van der Waals surface area (Å²) in [5, 5.41) is 0. The fourth-order valence-corrected chi connectivity index (χ4v) is 2.33. The van der Waals surface area contributed by atoms with Crippen LogP contribution < -0.4 is 9.47 Å². The van der Waals surface area contributed by atoms with Crippen molar-refractivity contribution in [2.75, 3.05) is 21.3 Å². The van der Waals surface area contributed by atoms with Gasteiger partial charge in [-0.25, -0.2) is 0 Å². The van der Waals surface area contributed by atoms with Crippen LogP contribution in [0.2, 0.25) is 0 Å². The minimum atomic E-state index is -0.623. The molecule has 1 heterocycles.